The Morgan fingerprint density at radius 2 is 1.90 bits per heavy atom. The largest absolute Gasteiger partial charge is 0.381 e. The molecule has 3 heteroatoms. The van der Waals surface area contributed by atoms with Crippen molar-refractivity contribution in [3.8, 4) is 0 Å². The highest BCUT2D eigenvalue weighted by atomic mass is 16.5. The highest BCUT2D eigenvalue weighted by molar-refractivity contribution is 4.95. The fraction of sp³-hybridized carbons (Fsp3) is 1.00. The molecule has 4 fully saturated rings. The Labute approximate surface area is 129 Å². The van der Waals surface area contributed by atoms with E-state index in [4.69, 9.17) is 4.74 Å². The average Bonchev–Trinajstić information content (AvgIpc) is 3.25. The molecule has 2 heterocycles. The first-order valence-electron chi connectivity index (χ1n) is 9.40. The first-order chi connectivity index (χ1) is 10.3. The molecule has 0 aromatic heterocycles. The van der Waals surface area contributed by atoms with E-state index in [-0.39, 0.29) is 0 Å². The number of ether oxygens (including phenoxy) is 1. The first kappa shape index (κ1) is 14.5. The summed E-state index contributed by atoms with van der Waals surface area (Å²) in [5, 5.41) is 3.79. The number of hydrogen-bond acceptors (Lipinski definition) is 3. The molecule has 3 nitrogen and oxygen atoms in total. The van der Waals surface area contributed by atoms with Gasteiger partial charge in [-0.15, -0.1) is 0 Å². The van der Waals surface area contributed by atoms with E-state index >= 15 is 0 Å². The molecule has 4 rings (SSSR count). The fourth-order valence-corrected chi connectivity index (χ4v) is 4.97. The highest BCUT2D eigenvalue weighted by Gasteiger charge is 2.41. The zero-order valence-electron chi connectivity index (χ0n) is 13.5. The minimum atomic E-state index is 0.405. The second kappa shape index (κ2) is 6.17. The summed E-state index contributed by atoms with van der Waals surface area (Å²) in [6, 6.07) is 1.72. The molecule has 3 unspecified atom stereocenters. The van der Waals surface area contributed by atoms with E-state index in [1.807, 2.05) is 0 Å². The standard InChI is InChI=1S/C18H32N2O/c1-2-6-17-15(4-1)5-3-10-20(17)13-18(9-11-21-14-18)12-19-16-7-8-16/h15-17,19H,1-14H2. The molecule has 0 bridgehead atoms. The normalized spacial score (nSPS) is 41.1. The SMILES string of the molecule is C1CCC2C(C1)CCCN2CC1(CNC2CC2)CCOC1. The van der Waals surface area contributed by atoms with Gasteiger partial charge >= 0.3 is 0 Å². The van der Waals surface area contributed by atoms with Crippen LogP contribution in [0.3, 0.4) is 0 Å². The lowest BCUT2D eigenvalue weighted by atomic mass is 9.76. The van der Waals surface area contributed by atoms with Gasteiger partial charge in [0.2, 0.25) is 0 Å². The van der Waals surface area contributed by atoms with Crippen LogP contribution in [-0.4, -0.2) is 49.8 Å². The van der Waals surface area contributed by atoms with E-state index in [1.165, 1.54) is 77.4 Å². The summed E-state index contributed by atoms with van der Waals surface area (Å²) < 4.78 is 5.82. The maximum atomic E-state index is 5.82. The molecule has 21 heavy (non-hydrogen) atoms. The van der Waals surface area contributed by atoms with Crippen molar-refractivity contribution < 1.29 is 4.74 Å². The Morgan fingerprint density at radius 1 is 1.05 bits per heavy atom. The van der Waals surface area contributed by atoms with Gasteiger partial charge in [-0.25, -0.2) is 0 Å². The summed E-state index contributed by atoms with van der Waals surface area (Å²) >= 11 is 0. The molecular weight excluding hydrogens is 260 g/mol. The first-order valence-corrected chi connectivity index (χ1v) is 9.40. The Bertz CT molecular complexity index is 347. The third-order valence-corrected chi connectivity index (χ3v) is 6.42. The number of nitrogens with zero attached hydrogens (tertiary/aromatic N) is 1. The van der Waals surface area contributed by atoms with Gasteiger partial charge in [0.05, 0.1) is 6.61 Å². The summed E-state index contributed by atoms with van der Waals surface area (Å²) in [5.74, 6) is 1.00. The van der Waals surface area contributed by atoms with Crippen LogP contribution in [0.2, 0.25) is 0 Å². The summed E-state index contributed by atoms with van der Waals surface area (Å²) in [6.07, 6.45) is 12.9. The van der Waals surface area contributed by atoms with Crippen LogP contribution >= 0.6 is 0 Å². The van der Waals surface area contributed by atoms with Crippen molar-refractivity contribution in [1.82, 2.24) is 10.2 Å². The molecule has 0 radical (unpaired) electrons. The van der Waals surface area contributed by atoms with Crippen LogP contribution in [0, 0.1) is 11.3 Å². The molecule has 0 aromatic rings. The minimum Gasteiger partial charge on any atom is -0.381 e. The molecule has 1 N–H and O–H groups in total. The Balaban J connectivity index is 1.41. The number of nitrogens with one attached hydrogen (secondary N) is 1. The van der Waals surface area contributed by atoms with E-state index in [2.05, 4.69) is 10.2 Å². The zero-order chi connectivity index (χ0) is 14.1. The summed E-state index contributed by atoms with van der Waals surface area (Å²) in [7, 11) is 0. The Hall–Kier alpha value is -0.120. The van der Waals surface area contributed by atoms with Gasteiger partial charge in [-0.2, -0.15) is 0 Å². The maximum absolute atomic E-state index is 5.82. The maximum Gasteiger partial charge on any atom is 0.0547 e. The molecular formula is C18H32N2O. The minimum absolute atomic E-state index is 0.405. The number of fused-ring (bicyclic) bond motifs is 1. The van der Waals surface area contributed by atoms with Gasteiger partial charge in [0, 0.05) is 37.2 Å². The number of rotatable bonds is 5. The van der Waals surface area contributed by atoms with E-state index in [1.54, 1.807) is 0 Å². The van der Waals surface area contributed by atoms with Gasteiger partial charge in [-0.1, -0.05) is 12.8 Å². The zero-order valence-corrected chi connectivity index (χ0v) is 13.5. The van der Waals surface area contributed by atoms with Crippen LogP contribution in [0.5, 0.6) is 0 Å². The molecule has 0 aromatic carbocycles. The second-order valence-corrected chi connectivity index (χ2v) is 8.18. The number of piperidine rings is 1. The molecule has 3 atom stereocenters. The van der Waals surface area contributed by atoms with E-state index in [0.29, 0.717) is 5.41 Å². The smallest absolute Gasteiger partial charge is 0.0547 e. The van der Waals surface area contributed by atoms with Crippen LogP contribution in [0.1, 0.15) is 57.8 Å². The van der Waals surface area contributed by atoms with Crippen molar-refractivity contribution in [1.29, 1.82) is 0 Å². The lowest BCUT2D eigenvalue weighted by Gasteiger charge is -2.47. The molecule has 2 saturated carbocycles. The molecule has 2 aliphatic heterocycles. The van der Waals surface area contributed by atoms with E-state index in [0.717, 1.165) is 31.2 Å². The van der Waals surface area contributed by atoms with Gasteiger partial charge < -0.3 is 10.1 Å². The predicted octanol–water partition coefficient (Wildman–Crippen LogP) is 2.80. The lowest BCUT2D eigenvalue weighted by Crippen LogP contribution is -2.53. The van der Waals surface area contributed by atoms with Gasteiger partial charge in [-0.3, -0.25) is 4.90 Å². The predicted molar refractivity (Wildman–Crippen MR) is 85.4 cm³/mol. The van der Waals surface area contributed by atoms with Crippen molar-refractivity contribution in [3.63, 3.8) is 0 Å². The van der Waals surface area contributed by atoms with Gasteiger partial charge in [0.25, 0.3) is 0 Å². The van der Waals surface area contributed by atoms with Crippen LogP contribution in [-0.2, 0) is 4.74 Å². The Kier molecular flexibility index (Phi) is 4.25. The molecule has 120 valence electrons. The molecule has 0 spiro atoms. The van der Waals surface area contributed by atoms with Gasteiger partial charge in [0.15, 0.2) is 0 Å². The second-order valence-electron chi connectivity index (χ2n) is 8.18. The van der Waals surface area contributed by atoms with Crippen LogP contribution < -0.4 is 5.32 Å². The average molecular weight is 292 g/mol. The molecule has 2 saturated heterocycles. The summed E-state index contributed by atoms with van der Waals surface area (Å²) in [4.78, 5) is 2.87. The van der Waals surface area contributed by atoms with Gasteiger partial charge in [0.1, 0.15) is 0 Å². The quantitative estimate of drug-likeness (QED) is 0.843. The Morgan fingerprint density at radius 3 is 2.71 bits per heavy atom. The van der Waals surface area contributed by atoms with Gasteiger partial charge in [-0.05, 0) is 57.4 Å². The third kappa shape index (κ3) is 3.30. The van der Waals surface area contributed by atoms with E-state index < -0.39 is 0 Å². The third-order valence-electron chi connectivity index (χ3n) is 6.42. The van der Waals surface area contributed by atoms with Crippen molar-refractivity contribution in [3.05, 3.63) is 0 Å². The molecule has 2 aliphatic carbocycles. The fourth-order valence-electron chi connectivity index (χ4n) is 4.97. The molecule has 0 amide bonds. The van der Waals surface area contributed by atoms with Crippen molar-refractivity contribution in [2.24, 2.45) is 11.3 Å². The molecule has 4 aliphatic rings. The van der Waals surface area contributed by atoms with Crippen molar-refractivity contribution >= 4 is 0 Å². The van der Waals surface area contributed by atoms with E-state index in [9.17, 15) is 0 Å². The van der Waals surface area contributed by atoms with Crippen molar-refractivity contribution in [2.45, 2.75) is 69.9 Å². The monoisotopic (exact) mass is 292 g/mol. The summed E-state index contributed by atoms with van der Waals surface area (Å²) in [5.41, 5.74) is 0.405. The van der Waals surface area contributed by atoms with Crippen LogP contribution in [0.25, 0.3) is 0 Å². The number of likely N-dealkylation sites (tertiary alicyclic amines) is 1. The van der Waals surface area contributed by atoms with Crippen LogP contribution in [0.15, 0.2) is 0 Å². The number of hydrogen-bond donors (Lipinski definition) is 1. The summed E-state index contributed by atoms with van der Waals surface area (Å²) in [6.45, 7) is 5.78. The lowest BCUT2D eigenvalue weighted by molar-refractivity contribution is 0.0187. The van der Waals surface area contributed by atoms with Crippen LogP contribution in [0.4, 0.5) is 0 Å². The van der Waals surface area contributed by atoms with Crippen molar-refractivity contribution in [2.75, 3.05) is 32.8 Å². The topological polar surface area (TPSA) is 24.5 Å². The highest BCUT2D eigenvalue weighted by Crippen LogP contribution is 2.38.